The fourth-order valence-corrected chi connectivity index (χ4v) is 2.40. The van der Waals surface area contributed by atoms with Gasteiger partial charge in [-0.2, -0.15) is 18.9 Å². The maximum absolute atomic E-state index is 12.1. The summed E-state index contributed by atoms with van der Waals surface area (Å²) in [6, 6.07) is 1.30. The summed E-state index contributed by atoms with van der Waals surface area (Å²) in [6.07, 6.45) is 5.27. The van der Waals surface area contributed by atoms with Crippen LogP contribution in [-0.4, -0.2) is 46.5 Å². The van der Waals surface area contributed by atoms with Gasteiger partial charge in [-0.1, -0.05) is 0 Å². The van der Waals surface area contributed by atoms with Crippen molar-refractivity contribution in [1.82, 2.24) is 25.5 Å². The molecule has 0 spiro atoms. The van der Waals surface area contributed by atoms with E-state index in [0.717, 1.165) is 25.9 Å². The number of aromatic amines is 1. The molecule has 3 heterocycles. The van der Waals surface area contributed by atoms with E-state index >= 15 is 0 Å². The number of aromatic nitrogens is 4. The molecule has 0 saturated carbocycles. The molecule has 3 N–H and O–H groups in total. The van der Waals surface area contributed by atoms with Gasteiger partial charge >= 0.3 is 6.61 Å². The Kier molecular flexibility index (Phi) is 5.36. The highest BCUT2D eigenvalue weighted by atomic mass is 19.3. The first-order valence-electron chi connectivity index (χ1n) is 7.62. The van der Waals surface area contributed by atoms with Crippen molar-refractivity contribution in [3.8, 4) is 11.8 Å². The van der Waals surface area contributed by atoms with E-state index in [1.165, 1.54) is 18.5 Å². The zero-order valence-corrected chi connectivity index (χ0v) is 12.8. The fourth-order valence-electron chi connectivity index (χ4n) is 2.40. The second-order valence-electron chi connectivity index (χ2n) is 5.39. The highest BCUT2D eigenvalue weighted by Gasteiger charge is 2.14. The summed E-state index contributed by atoms with van der Waals surface area (Å²) in [4.78, 5) is 8.31. The summed E-state index contributed by atoms with van der Waals surface area (Å²) in [5, 5.41) is 12.3. The molecular formula is C14H18F2N6O2. The number of anilines is 2. The molecule has 10 heteroatoms. The van der Waals surface area contributed by atoms with Crippen molar-refractivity contribution in [3.63, 3.8) is 0 Å². The van der Waals surface area contributed by atoms with Gasteiger partial charge in [-0.3, -0.25) is 4.98 Å². The third kappa shape index (κ3) is 4.75. The number of piperidine rings is 1. The Balaban J connectivity index is 1.55. The van der Waals surface area contributed by atoms with Crippen LogP contribution >= 0.6 is 0 Å². The molecule has 0 aliphatic carbocycles. The van der Waals surface area contributed by atoms with E-state index < -0.39 is 6.61 Å². The molecule has 1 aliphatic heterocycles. The minimum Gasteiger partial charge on any atom is -0.476 e. The average Bonchev–Trinajstić information content (AvgIpc) is 3.00. The highest BCUT2D eigenvalue weighted by Crippen LogP contribution is 2.19. The normalized spacial score (nSPS) is 17.7. The minimum atomic E-state index is -2.91. The van der Waals surface area contributed by atoms with Gasteiger partial charge in [0.15, 0.2) is 11.6 Å². The first-order valence-corrected chi connectivity index (χ1v) is 7.62. The molecule has 0 aromatic carbocycles. The predicted octanol–water partition coefficient (Wildman–Crippen LogP) is 1.92. The first kappa shape index (κ1) is 16.4. The van der Waals surface area contributed by atoms with E-state index in [-0.39, 0.29) is 11.7 Å². The molecule has 8 nitrogen and oxygen atoms in total. The van der Waals surface area contributed by atoms with Gasteiger partial charge in [-0.15, -0.1) is 0 Å². The molecule has 0 bridgehead atoms. The lowest BCUT2D eigenvalue weighted by molar-refractivity contribution is -0.0528. The number of H-pyrrole nitrogens is 1. The second kappa shape index (κ2) is 7.86. The number of halogens is 2. The summed E-state index contributed by atoms with van der Waals surface area (Å²) in [7, 11) is 0. The molecule has 130 valence electrons. The SMILES string of the molecule is FC(F)Oc1cc(Nc2cncc(OCC3CCCNC3)n2)n[nH]1. The second-order valence-corrected chi connectivity index (χ2v) is 5.39. The van der Waals surface area contributed by atoms with Crippen LogP contribution in [0.3, 0.4) is 0 Å². The molecule has 3 rings (SSSR count). The van der Waals surface area contributed by atoms with E-state index in [1.807, 2.05) is 0 Å². The van der Waals surface area contributed by atoms with Gasteiger partial charge in [0, 0.05) is 18.5 Å². The molecule has 1 atom stereocenters. The Hall–Kier alpha value is -2.49. The Labute approximate surface area is 137 Å². The van der Waals surface area contributed by atoms with Crippen molar-refractivity contribution >= 4 is 11.6 Å². The molecule has 2 aromatic rings. The van der Waals surface area contributed by atoms with Gasteiger partial charge in [0.05, 0.1) is 19.0 Å². The van der Waals surface area contributed by atoms with Crippen LogP contribution in [-0.2, 0) is 0 Å². The topological polar surface area (TPSA) is 97.0 Å². The van der Waals surface area contributed by atoms with Gasteiger partial charge < -0.3 is 20.1 Å². The summed E-state index contributed by atoms with van der Waals surface area (Å²) in [5.74, 6) is 1.39. The van der Waals surface area contributed by atoms with Crippen molar-refractivity contribution in [2.75, 3.05) is 25.0 Å². The van der Waals surface area contributed by atoms with Crippen LogP contribution < -0.4 is 20.1 Å². The molecule has 1 aliphatic rings. The molecule has 1 unspecified atom stereocenters. The maximum atomic E-state index is 12.1. The standard InChI is InChI=1S/C14H18F2N6O2/c15-14(16)24-12-4-10(21-22-12)19-11-6-18-7-13(20-11)23-8-9-2-1-3-17-5-9/h4,6-7,9,14,17H,1-3,5,8H2,(H2,19,20,21,22). The zero-order chi connectivity index (χ0) is 16.8. The summed E-state index contributed by atoms with van der Waals surface area (Å²) in [6.45, 7) is -0.355. The van der Waals surface area contributed by atoms with Crippen LogP contribution in [0.15, 0.2) is 18.5 Å². The number of hydrogen-bond acceptors (Lipinski definition) is 7. The van der Waals surface area contributed by atoms with Crippen LogP contribution in [0.2, 0.25) is 0 Å². The highest BCUT2D eigenvalue weighted by molar-refractivity contribution is 5.51. The van der Waals surface area contributed by atoms with Crippen molar-refractivity contribution in [1.29, 1.82) is 0 Å². The number of rotatable bonds is 7. The minimum absolute atomic E-state index is 0.141. The predicted molar refractivity (Wildman–Crippen MR) is 81.6 cm³/mol. The Morgan fingerprint density at radius 3 is 3.04 bits per heavy atom. The van der Waals surface area contributed by atoms with Gasteiger partial charge in [0.1, 0.15) is 0 Å². The third-order valence-corrected chi connectivity index (χ3v) is 3.50. The number of ether oxygens (including phenoxy) is 2. The number of nitrogens with one attached hydrogen (secondary N) is 3. The summed E-state index contributed by atoms with van der Waals surface area (Å²) in [5.41, 5.74) is 0. The lowest BCUT2D eigenvalue weighted by Gasteiger charge is -2.22. The first-order chi connectivity index (χ1) is 11.7. The van der Waals surface area contributed by atoms with Crippen molar-refractivity contribution in [2.45, 2.75) is 19.5 Å². The quantitative estimate of drug-likeness (QED) is 0.708. The molecule has 2 aromatic heterocycles. The molecule has 0 radical (unpaired) electrons. The molecule has 0 amide bonds. The molecule has 24 heavy (non-hydrogen) atoms. The van der Waals surface area contributed by atoms with Crippen molar-refractivity contribution in [3.05, 3.63) is 18.5 Å². The number of alkyl halides is 2. The Morgan fingerprint density at radius 2 is 2.25 bits per heavy atom. The van der Waals surface area contributed by atoms with E-state index in [2.05, 4.69) is 35.5 Å². The number of nitrogens with zero attached hydrogens (tertiary/aromatic N) is 3. The van der Waals surface area contributed by atoms with Crippen LogP contribution in [0, 0.1) is 5.92 Å². The van der Waals surface area contributed by atoms with E-state index in [1.54, 1.807) is 0 Å². The average molecular weight is 340 g/mol. The zero-order valence-electron chi connectivity index (χ0n) is 12.8. The van der Waals surface area contributed by atoms with Gasteiger partial charge in [0.2, 0.25) is 11.8 Å². The fraction of sp³-hybridized carbons (Fsp3) is 0.500. The smallest absolute Gasteiger partial charge is 0.388 e. The maximum Gasteiger partial charge on any atom is 0.388 e. The third-order valence-electron chi connectivity index (χ3n) is 3.50. The molecular weight excluding hydrogens is 322 g/mol. The van der Waals surface area contributed by atoms with Gasteiger partial charge in [0.25, 0.3) is 0 Å². The van der Waals surface area contributed by atoms with Gasteiger partial charge in [-0.25, -0.2) is 5.10 Å². The van der Waals surface area contributed by atoms with E-state index in [0.29, 0.717) is 24.2 Å². The largest absolute Gasteiger partial charge is 0.476 e. The summed E-state index contributed by atoms with van der Waals surface area (Å²) >= 11 is 0. The lowest BCUT2D eigenvalue weighted by Crippen LogP contribution is -2.33. The lowest BCUT2D eigenvalue weighted by atomic mass is 10.0. The van der Waals surface area contributed by atoms with Crippen LogP contribution in [0.5, 0.6) is 11.8 Å². The van der Waals surface area contributed by atoms with Gasteiger partial charge in [-0.05, 0) is 19.4 Å². The molecule has 1 fully saturated rings. The van der Waals surface area contributed by atoms with Crippen molar-refractivity contribution < 1.29 is 18.3 Å². The van der Waals surface area contributed by atoms with E-state index in [4.69, 9.17) is 4.74 Å². The molecule has 1 saturated heterocycles. The van der Waals surface area contributed by atoms with Crippen molar-refractivity contribution in [2.24, 2.45) is 5.92 Å². The van der Waals surface area contributed by atoms with E-state index in [9.17, 15) is 8.78 Å². The van der Waals surface area contributed by atoms with Crippen LogP contribution in [0.1, 0.15) is 12.8 Å². The Bertz CT molecular complexity index is 648. The van der Waals surface area contributed by atoms with Crippen LogP contribution in [0.4, 0.5) is 20.4 Å². The summed E-state index contributed by atoms with van der Waals surface area (Å²) < 4.78 is 34.1. The van der Waals surface area contributed by atoms with Crippen LogP contribution in [0.25, 0.3) is 0 Å². The number of hydrogen-bond donors (Lipinski definition) is 3. The Morgan fingerprint density at radius 1 is 1.33 bits per heavy atom. The monoisotopic (exact) mass is 340 g/mol.